The predicted molar refractivity (Wildman–Crippen MR) is 84.0 cm³/mol. The number of carbonyl (C=O) groups excluding carboxylic acids is 1. The molecule has 7 nitrogen and oxygen atoms in total. The molecule has 0 unspecified atom stereocenters. The third kappa shape index (κ3) is 4.38. The summed E-state index contributed by atoms with van der Waals surface area (Å²) in [6.45, 7) is 2.78. The summed E-state index contributed by atoms with van der Waals surface area (Å²) in [6.07, 6.45) is 5.93. The largest absolute Gasteiger partial charge is 0.381 e. The molecule has 1 aliphatic carbocycles. The number of nitrogens with one attached hydrogen (secondary N) is 3. The molecule has 1 aliphatic rings. The first-order valence-electron chi connectivity index (χ1n) is 7.87. The van der Waals surface area contributed by atoms with E-state index in [1.807, 2.05) is 6.07 Å². The van der Waals surface area contributed by atoms with Gasteiger partial charge < -0.3 is 16.4 Å². The van der Waals surface area contributed by atoms with E-state index in [9.17, 15) is 4.79 Å². The molecule has 22 heavy (non-hydrogen) atoms. The fourth-order valence-corrected chi connectivity index (χ4v) is 2.97. The summed E-state index contributed by atoms with van der Waals surface area (Å²) in [5.41, 5.74) is 6.70. The van der Waals surface area contributed by atoms with E-state index in [2.05, 4.69) is 27.8 Å². The second-order valence-corrected chi connectivity index (χ2v) is 6.05. The van der Waals surface area contributed by atoms with Gasteiger partial charge in [-0.3, -0.25) is 5.10 Å². The van der Waals surface area contributed by atoms with Crippen LogP contribution in [0.2, 0.25) is 0 Å². The predicted octanol–water partition coefficient (Wildman–Crippen LogP) is 1.67. The van der Waals surface area contributed by atoms with Gasteiger partial charge in [-0.2, -0.15) is 10.4 Å². The smallest absolute Gasteiger partial charge is 0.315 e. The van der Waals surface area contributed by atoms with Gasteiger partial charge in [0, 0.05) is 12.6 Å². The van der Waals surface area contributed by atoms with Crippen LogP contribution < -0.4 is 16.4 Å². The van der Waals surface area contributed by atoms with Crippen LogP contribution in [0, 0.1) is 17.2 Å². The van der Waals surface area contributed by atoms with Crippen LogP contribution in [0.15, 0.2) is 0 Å². The Morgan fingerprint density at radius 3 is 3.09 bits per heavy atom. The molecule has 0 aliphatic heterocycles. The van der Waals surface area contributed by atoms with Crippen LogP contribution in [0.3, 0.4) is 0 Å². The zero-order valence-electron chi connectivity index (χ0n) is 13.0. The third-order valence-electron chi connectivity index (χ3n) is 4.14. The molecule has 2 rings (SSSR count). The Balaban J connectivity index is 1.66. The number of aromatic nitrogens is 2. The van der Waals surface area contributed by atoms with E-state index >= 15 is 0 Å². The molecule has 1 fully saturated rings. The van der Waals surface area contributed by atoms with Crippen molar-refractivity contribution in [2.75, 3.05) is 12.3 Å². The van der Waals surface area contributed by atoms with Crippen LogP contribution in [0.25, 0.3) is 0 Å². The molecule has 1 heterocycles. The van der Waals surface area contributed by atoms with E-state index in [0.717, 1.165) is 25.0 Å². The number of nitriles is 1. The summed E-state index contributed by atoms with van der Waals surface area (Å²) >= 11 is 0. The summed E-state index contributed by atoms with van der Waals surface area (Å²) in [5, 5.41) is 21.4. The van der Waals surface area contributed by atoms with Crippen molar-refractivity contribution < 1.29 is 4.79 Å². The van der Waals surface area contributed by atoms with E-state index in [4.69, 9.17) is 11.0 Å². The number of hydrogen-bond donors (Lipinski definition) is 4. The van der Waals surface area contributed by atoms with Crippen molar-refractivity contribution >= 4 is 11.8 Å². The quantitative estimate of drug-likeness (QED) is 0.618. The first-order chi connectivity index (χ1) is 10.6. The monoisotopic (exact) mass is 304 g/mol. The Kier molecular flexibility index (Phi) is 5.64. The van der Waals surface area contributed by atoms with E-state index in [0.29, 0.717) is 30.5 Å². The lowest BCUT2D eigenvalue weighted by atomic mass is 9.87. The summed E-state index contributed by atoms with van der Waals surface area (Å²) in [6, 6.07) is 2.22. The number of aryl methyl sites for hydroxylation is 1. The van der Waals surface area contributed by atoms with E-state index in [1.54, 1.807) is 0 Å². The zero-order valence-corrected chi connectivity index (χ0v) is 13.0. The molecule has 0 aromatic carbocycles. The van der Waals surface area contributed by atoms with Crippen LogP contribution in [-0.4, -0.2) is 28.8 Å². The van der Waals surface area contributed by atoms with Gasteiger partial charge in [0.1, 0.15) is 11.6 Å². The fourth-order valence-electron chi connectivity index (χ4n) is 2.97. The molecule has 0 spiro atoms. The second-order valence-electron chi connectivity index (χ2n) is 6.05. The van der Waals surface area contributed by atoms with Crippen LogP contribution in [-0.2, 0) is 6.42 Å². The van der Waals surface area contributed by atoms with E-state index in [-0.39, 0.29) is 11.8 Å². The van der Waals surface area contributed by atoms with Crippen molar-refractivity contribution in [3.8, 4) is 6.07 Å². The Labute approximate surface area is 130 Å². The van der Waals surface area contributed by atoms with Gasteiger partial charge >= 0.3 is 6.03 Å². The number of nitrogen functional groups attached to an aromatic ring is 1. The molecule has 0 saturated heterocycles. The molecule has 1 saturated carbocycles. The minimum Gasteiger partial charge on any atom is -0.381 e. The number of urea groups is 1. The third-order valence-corrected chi connectivity index (χ3v) is 4.14. The molecule has 2 amide bonds. The Hall–Kier alpha value is -2.23. The highest BCUT2D eigenvalue weighted by molar-refractivity contribution is 5.74. The molecule has 0 bridgehead atoms. The number of H-pyrrole nitrogens is 1. The molecule has 5 N–H and O–H groups in total. The molecule has 1 aromatic rings. The number of rotatable bonds is 5. The average molecular weight is 304 g/mol. The summed E-state index contributed by atoms with van der Waals surface area (Å²) in [7, 11) is 0. The van der Waals surface area contributed by atoms with Gasteiger partial charge in [0.25, 0.3) is 0 Å². The van der Waals surface area contributed by atoms with Gasteiger partial charge in [0.15, 0.2) is 5.82 Å². The van der Waals surface area contributed by atoms with Crippen LogP contribution in [0.1, 0.15) is 50.3 Å². The second kappa shape index (κ2) is 7.69. The SMILES string of the molecule is C[C@@H]1CCC[C@@H](NC(=O)NCCCc2[nH]nc(N)c2C#N)C1. The maximum Gasteiger partial charge on any atom is 0.315 e. The number of aromatic amines is 1. The summed E-state index contributed by atoms with van der Waals surface area (Å²) < 4.78 is 0. The highest BCUT2D eigenvalue weighted by atomic mass is 16.2. The number of carbonyl (C=O) groups is 1. The van der Waals surface area contributed by atoms with Gasteiger partial charge in [-0.1, -0.05) is 19.8 Å². The highest BCUT2D eigenvalue weighted by Crippen LogP contribution is 2.23. The van der Waals surface area contributed by atoms with Crippen molar-refractivity contribution in [1.29, 1.82) is 5.26 Å². The number of anilines is 1. The number of amides is 2. The van der Waals surface area contributed by atoms with E-state index in [1.165, 1.54) is 12.8 Å². The normalized spacial score (nSPS) is 21.1. The lowest BCUT2D eigenvalue weighted by molar-refractivity contribution is 0.227. The van der Waals surface area contributed by atoms with Crippen LogP contribution in [0.5, 0.6) is 0 Å². The molecule has 7 heteroatoms. The van der Waals surface area contributed by atoms with Gasteiger partial charge in [-0.15, -0.1) is 0 Å². The van der Waals surface area contributed by atoms with Crippen molar-refractivity contribution in [3.05, 3.63) is 11.3 Å². The molecular formula is C15H24N6O. The van der Waals surface area contributed by atoms with Crippen molar-refractivity contribution in [1.82, 2.24) is 20.8 Å². The lowest BCUT2D eigenvalue weighted by Crippen LogP contribution is -2.44. The Morgan fingerprint density at radius 2 is 2.36 bits per heavy atom. The Bertz CT molecular complexity index is 547. The summed E-state index contributed by atoms with van der Waals surface area (Å²) in [4.78, 5) is 11.8. The lowest BCUT2D eigenvalue weighted by Gasteiger charge is -2.27. The average Bonchev–Trinajstić information content (AvgIpc) is 2.84. The fraction of sp³-hybridized carbons (Fsp3) is 0.667. The van der Waals surface area contributed by atoms with Gasteiger partial charge in [0.05, 0.1) is 5.69 Å². The maximum absolute atomic E-state index is 11.8. The molecule has 1 aromatic heterocycles. The highest BCUT2D eigenvalue weighted by Gasteiger charge is 2.20. The van der Waals surface area contributed by atoms with E-state index < -0.39 is 0 Å². The first-order valence-corrected chi connectivity index (χ1v) is 7.87. The minimum absolute atomic E-state index is 0.108. The van der Waals surface area contributed by atoms with Crippen molar-refractivity contribution in [2.24, 2.45) is 5.92 Å². The van der Waals surface area contributed by atoms with Crippen LogP contribution in [0.4, 0.5) is 10.6 Å². The van der Waals surface area contributed by atoms with Crippen molar-refractivity contribution in [3.63, 3.8) is 0 Å². The zero-order chi connectivity index (χ0) is 15.9. The first kappa shape index (κ1) is 16.1. The molecule has 0 radical (unpaired) electrons. The topological polar surface area (TPSA) is 120 Å². The molecule has 2 atom stereocenters. The Morgan fingerprint density at radius 1 is 1.55 bits per heavy atom. The number of hydrogen-bond acceptors (Lipinski definition) is 4. The number of nitrogens with zero attached hydrogens (tertiary/aromatic N) is 2. The maximum atomic E-state index is 11.8. The number of nitrogens with two attached hydrogens (primary N) is 1. The van der Waals surface area contributed by atoms with Gasteiger partial charge in [-0.25, -0.2) is 4.79 Å². The van der Waals surface area contributed by atoms with Gasteiger partial charge in [0.2, 0.25) is 0 Å². The standard InChI is InChI=1S/C15H24N6O/c1-10-4-2-5-11(8-10)19-15(22)18-7-3-6-13-12(9-16)14(17)21-20-13/h10-11H,2-8H2,1H3,(H3,17,20,21)(H2,18,19,22)/t10-,11-/m1/s1. The molecule has 120 valence electrons. The van der Waals surface area contributed by atoms with Gasteiger partial charge in [-0.05, 0) is 31.6 Å². The van der Waals surface area contributed by atoms with Crippen LogP contribution >= 0.6 is 0 Å². The molecular weight excluding hydrogens is 280 g/mol. The summed E-state index contributed by atoms with van der Waals surface area (Å²) in [5.74, 6) is 0.920. The minimum atomic E-state index is -0.108. The van der Waals surface area contributed by atoms with Crippen molar-refractivity contribution in [2.45, 2.75) is 51.5 Å².